The molecule has 0 spiro atoms. The summed E-state index contributed by atoms with van der Waals surface area (Å²) < 4.78 is 54.1. The Hall–Kier alpha value is -4.40. The van der Waals surface area contributed by atoms with E-state index in [1.54, 1.807) is 60.7 Å². The molecular weight excluding hydrogens is 792 g/mol. The third kappa shape index (κ3) is 7.03. The Kier molecular flexibility index (Phi) is 11.0. The molecule has 7 aromatic rings. The zero-order valence-electron chi connectivity index (χ0n) is 25.6. The molecule has 0 bridgehead atoms. The molecule has 1 aromatic heterocycles. The Labute approximate surface area is 311 Å². The molecule has 0 amide bonds. The van der Waals surface area contributed by atoms with E-state index in [9.17, 15) is 32.4 Å². The summed E-state index contributed by atoms with van der Waals surface area (Å²) in [5, 5.41) is 14.3. The molecule has 10 heteroatoms. The minimum Gasteiger partial charge on any atom is -0.506 e. The van der Waals surface area contributed by atoms with Crippen LogP contribution in [0.3, 0.4) is 0 Å². The number of ketones is 1. The Morgan fingerprint density at radius 3 is 1.49 bits per heavy atom. The van der Waals surface area contributed by atoms with E-state index in [-0.39, 0.29) is 56.5 Å². The molecule has 0 unspecified atom stereocenters. The van der Waals surface area contributed by atoms with Crippen LogP contribution in [0.4, 0.5) is 13.2 Å². The maximum absolute atomic E-state index is 13.8. The quantitative estimate of drug-likeness (QED) is 0.109. The van der Waals surface area contributed by atoms with Gasteiger partial charge in [0.15, 0.2) is 7.14 Å². The second-order valence-electron chi connectivity index (χ2n) is 10.8. The number of hydrogen-bond donors (Lipinski definition) is 1. The molecule has 7 rings (SSSR count). The number of nitrogens with zero attached hydrogens (tertiary/aromatic N) is 1. The fourth-order valence-electron chi connectivity index (χ4n) is 5.67. The standard InChI is InChI=1S/C21H12F3NO3.C18H15OP.Gd/c22-21(23,24)19(27)16-18(26)15-11-10-12-6-4-5-9-14(12)17(15)25(20(16)28)13-7-2-1-3-8-13;19-20(16-10-4-1-5-11-16,17-12-6-2-7-13-17)18-14-8-3-9-15-18;/h1-11,26H;1-15H;. The monoisotopic (exact) mass is 819 g/mol. The molecule has 246 valence electrons. The van der Waals surface area contributed by atoms with Gasteiger partial charge in [-0.15, -0.1) is 0 Å². The van der Waals surface area contributed by atoms with Crippen LogP contribution in [0.5, 0.6) is 5.75 Å². The molecule has 0 saturated carbocycles. The first kappa shape index (κ1) is 35.9. The van der Waals surface area contributed by atoms with Gasteiger partial charge in [0, 0.05) is 72.3 Å². The molecule has 49 heavy (non-hydrogen) atoms. The summed E-state index contributed by atoms with van der Waals surface area (Å²) in [4.78, 5) is 24.9. The number of pyridine rings is 1. The minimum atomic E-state index is -5.30. The Balaban J connectivity index is 0.000000197. The average molecular weight is 819 g/mol. The zero-order valence-corrected chi connectivity index (χ0v) is 28.7. The van der Waals surface area contributed by atoms with Crippen molar-refractivity contribution in [2.24, 2.45) is 0 Å². The normalized spacial score (nSPS) is 11.3. The van der Waals surface area contributed by atoms with Gasteiger partial charge in [-0.1, -0.05) is 140 Å². The van der Waals surface area contributed by atoms with Crippen LogP contribution in [0.1, 0.15) is 10.4 Å². The maximum Gasteiger partial charge on any atom is 0.455 e. The van der Waals surface area contributed by atoms with Gasteiger partial charge >= 0.3 is 6.18 Å². The van der Waals surface area contributed by atoms with Crippen LogP contribution < -0.4 is 21.5 Å². The van der Waals surface area contributed by atoms with E-state index >= 15 is 0 Å². The number of benzene rings is 6. The number of aromatic nitrogens is 1. The number of Topliss-reactive ketones (excluding diaryl/α,β-unsaturated/α-hetero) is 1. The minimum absolute atomic E-state index is 0. The van der Waals surface area contributed by atoms with Gasteiger partial charge in [0.25, 0.3) is 11.3 Å². The number of carbonyl (C=O) groups excluding carboxylic acids is 1. The van der Waals surface area contributed by atoms with E-state index < -0.39 is 36.0 Å². The third-order valence-corrected chi connectivity index (χ3v) is 11.0. The number of carbonyl (C=O) groups is 1. The number of halogens is 3. The maximum atomic E-state index is 13.8. The molecule has 0 fully saturated rings. The van der Waals surface area contributed by atoms with Crippen LogP contribution in [0.15, 0.2) is 163 Å². The predicted octanol–water partition coefficient (Wildman–Crippen LogP) is 7.92. The summed E-state index contributed by atoms with van der Waals surface area (Å²) in [5.74, 6) is -3.35. The molecular formula is C39H27F3GdNO4P. The van der Waals surface area contributed by atoms with Crippen molar-refractivity contribution in [1.82, 2.24) is 4.57 Å². The van der Waals surface area contributed by atoms with Crippen molar-refractivity contribution in [1.29, 1.82) is 0 Å². The van der Waals surface area contributed by atoms with Crippen LogP contribution in [0.2, 0.25) is 0 Å². The summed E-state index contributed by atoms with van der Waals surface area (Å²) in [7, 11) is -2.78. The van der Waals surface area contributed by atoms with Crippen LogP contribution >= 0.6 is 7.14 Å². The third-order valence-electron chi connectivity index (χ3n) is 7.89. The van der Waals surface area contributed by atoms with Crippen molar-refractivity contribution in [3.05, 3.63) is 174 Å². The topological polar surface area (TPSA) is 76.4 Å². The first-order valence-corrected chi connectivity index (χ1v) is 16.6. The van der Waals surface area contributed by atoms with Crippen LogP contribution in [0, 0.1) is 39.9 Å². The molecule has 1 N–H and O–H groups in total. The second-order valence-corrected chi connectivity index (χ2v) is 13.6. The van der Waals surface area contributed by atoms with Gasteiger partial charge < -0.3 is 9.67 Å². The van der Waals surface area contributed by atoms with Crippen LogP contribution in [0.25, 0.3) is 27.4 Å². The second kappa shape index (κ2) is 15.0. The number of aromatic hydroxyl groups is 1. The number of rotatable bonds is 5. The predicted molar refractivity (Wildman–Crippen MR) is 185 cm³/mol. The van der Waals surface area contributed by atoms with Gasteiger partial charge in [-0.2, -0.15) is 13.2 Å². The van der Waals surface area contributed by atoms with E-state index in [0.29, 0.717) is 5.39 Å². The Morgan fingerprint density at radius 2 is 1.02 bits per heavy atom. The Bertz CT molecular complexity index is 2250. The van der Waals surface area contributed by atoms with Crippen molar-refractivity contribution < 1.29 is 67.6 Å². The van der Waals surface area contributed by atoms with Gasteiger partial charge in [-0.3, -0.25) is 14.2 Å². The summed E-state index contributed by atoms with van der Waals surface area (Å²) in [6.07, 6.45) is -5.30. The van der Waals surface area contributed by atoms with Gasteiger partial charge in [-0.05, 0) is 23.6 Å². The summed E-state index contributed by atoms with van der Waals surface area (Å²) in [6.45, 7) is 0. The van der Waals surface area contributed by atoms with Gasteiger partial charge in [-0.25, -0.2) is 0 Å². The number of para-hydroxylation sites is 1. The van der Waals surface area contributed by atoms with Crippen molar-refractivity contribution in [3.8, 4) is 11.4 Å². The summed E-state index contributed by atoms with van der Waals surface area (Å²) in [5.41, 5.74) is -2.01. The number of fused-ring (bicyclic) bond motifs is 3. The van der Waals surface area contributed by atoms with E-state index in [1.165, 1.54) is 6.07 Å². The van der Waals surface area contributed by atoms with E-state index in [2.05, 4.69) is 0 Å². The smallest absolute Gasteiger partial charge is 0.455 e. The molecule has 0 aliphatic carbocycles. The van der Waals surface area contributed by atoms with Crippen molar-refractivity contribution in [2.45, 2.75) is 6.18 Å². The molecule has 0 saturated heterocycles. The molecule has 6 aromatic carbocycles. The molecule has 1 heterocycles. The van der Waals surface area contributed by atoms with E-state index in [4.69, 9.17) is 0 Å². The number of hydrogen-bond acceptors (Lipinski definition) is 4. The largest absolute Gasteiger partial charge is 0.506 e. The molecule has 0 atom stereocenters. The van der Waals surface area contributed by atoms with Gasteiger partial charge in [0.05, 0.1) is 5.52 Å². The van der Waals surface area contributed by atoms with Crippen LogP contribution in [-0.4, -0.2) is 21.6 Å². The van der Waals surface area contributed by atoms with E-state index in [1.807, 2.05) is 91.0 Å². The van der Waals surface area contributed by atoms with Crippen molar-refractivity contribution >= 4 is 50.5 Å². The summed E-state index contributed by atoms with van der Waals surface area (Å²) in [6, 6.07) is 47.1. The fraction of sp³-hybridized carbons (Fsp3) is 0.0256. The Morgan fingerprint density at radius 1 is 0.592 bits per heavy atom. The molecule has 0 aliphatic heterocycles. The number of alkyl halides is 3. The first-order valence-electron chi connectivity index (χ1n) is 14.9. The summed E-state index contributed by atoms with van der Waals surface area (Å²) >= 11 is 0. The average Bonchev–Trinajstić information content (AvgIpc) is 3.12. The molecule has 5 nitrogen and oxygen atoms in total. The SMILES string of the molecule is O=C(c1c(O)c2ccc3ccccc3c2n(-c2ccccc2)c1=O)C(F)(F)F.O=P(c1ccccc1)(c1ccccc1)c1ccccc1.[Gd]. The van der Waals surface area contributed by atoms with E-state index in [0.717, 1.165) is 25.9 Å². The van der Waals surface area contributed by atoms with Crippen molar-refractivity contribution in [3.63, 3.8) is 0 Å². The molecule has 0 aliphatic rings. The van der Waals surface area contributed by atoms with Crippen LogP contribution in [-0.2, 0) is 4.57 Å². The zero-order chi connectivity index (χ0) is 33.9. The molecule has 0 radical (unpaired) electrons. The van der Waals surface area contributed by atoms with Crippen molar-refractivity contribution in [2.75, 3.05) is 0 Å². The van der Waals surface area contributed by atoms with Gasteiger partial charge in [0.2, 0.25) is 0 Å². The van der Waals surface area contributed by atoms with Gasteiger partial charge in [0.1, 0.15) is 11.3 Å². The fourth-order valence-corrected chi connectivity index (χ4v) is 8.34. The first-order chi connectivity index (χ1) is 23.1.